The zero-order valence-electron chi connectivity index (χ0n) is 23.6. The molecule has 1 aromatic heterocycles. The Morgan fingerprint density at radius 3 is 2.23 bits per heavy atom. The van der Waals surface area contributed by atoms with Gasteiger partial charge in [0, 0.05) is 17.2 Å². The number of amides is 2. The quantitative estimate of drug-likeness (QED) is 0.244. The van der Waals surface area contributed by atoms with Crippen LogP contribution < -0.4 is 5.32 Å². The summed E-state index contributed by atoms with van der Waals surface area (Å²) in [7, 11) is 0. The van der Waals surface area contributed by atoms with E-state index in [0.29, 0.717) is 11.4 Å². The number of rotatable bonds is 10. The Balaban J connectivity index is 1.63. The van der Waals surface area contributed by atoms with Crippen LogP contribution in [-0.2, 0) is 11.2 Å². The molecule has 0 unspecified atom stereocenters. The van der Waals surface area contributed by atoms with E-state index >= 15 is 0 Å². The highest BCUT2D eigenvalue weighted by atomic mass is 16.2. The maximum atomic E-state index is 13.6. The lowest BCUT2D eigenvalue weighted by Crippen LogP contribution is -2.42. The summed E-state index contributed by atoms with van der Waals surface area (Å²) in [4.78, 5) is 28.6. The highest BCUT2D eigenvalue weighted by molar-refractivity contribution is 6.01. The molecule has 1 N–H and O–H groups in total. The summed E-state index contributed by atoms with van der Waals surface area (Å²) in [5, 5.41) is 7.93. The molecule has 6 nitrogen and oxygen atoms in total. The molecule has 0 fully saturated rings. The van der Waals surface area contributed by atoms with Crippen molar-refractivity contribution in [3.63, 3.8) is 0 Å². The molecular formula is C33H38N4O2. The van der Waals surface area contributed by atoms with Gasteiger partial charge >= 0.3 is 0 Å². The Labute approximate surface area is 231 Å². The first-order chi connectivity index (χ1) is 18.8. The number of carbonyl (C=O) groups excluding carboxylic acids is 2. The SMILES string of the molecule is CCCCc1ccc(C(=O)N(CC(=O)Nc2c(-c3ccccc3)c(C)nn2-c2ccccc2C)C(C)C)cc1. The number of hydrogen-bond donors (Lipinski definition) is 1. The third-order valence-electron chi connectivity index (χ3n) is 6.94. The van der Waals surface area contributed by atoms with Crippen LogP contribution in [0.1, 0.15) is 60.8 Å². The van der Waals surface area contributed by atoms with Crippen LogP contribution in [0.5, 0.6) is 0 Å². The monoisotopic (exact) mass is 522 g/mol. The van der Waals surface area contributed by atoms with Crippen molar-refractivity contribution in [2.24, 2.45) is 0 Å². The van der Waals surface area contributed by atoms with E-state index in [-0.39, 0.29) is 24.4 Å². The van der Waals surface area contributed by atoms with Crippen LogP contribution in [0.25, 0.3) is 16.8 Å². The van der Waals surface area contributed by atoms with Crippen LogP contribution in [0, 0.1) is 13.8 Å². The van der Waals surface area contributed by atoms with Crippen molar-refractivity contribution < 1.29 is 9.59 Å². The lowest BCUT2D eigenvalue weighted by atomic mass is 10.1. The summed E-state index contributed by atoms with van der Waals surface area (Å²) in [5.41, 5.74) is 6.36. The highest BCUT2D eigenvalue weighted by Gasteiger charge is 2.25. The Morgan fingerprint density at radius 2 is 1.59 bits per heavy atom. The molecule has 202 valence electrons. The first kappa shape index (κ1) is 27.8. The number of aryl methyl sites for hydroxylation is 3. The molecule has 1 heterocycles. The van der Waals surface area contributed by atoms with Gasteiger partial charge in [-0.15, -0.1) is 0 Å². The molecule has 0 aliphatic rings. The third-order valence-corrected chi connectivity index (χ3v) is 6.94. The summed E-state index contributed by atoms with van der Waals surface area (Å²) in [6.07, 6.45) is 3.25. The molecule has 4 aromatic rings. The van der Waals surface area contributed by atoms with Gasteiger partial charge in [-0.25, -0.2) is 4.68 Å². The van der Waals surface area contributed by atoms with E-state index in [9.17, 15) is 9.59 Å². The van der Waals surface area contributed by atoms with E-state index in [4.69, 9.17) is 5.10 Å². The maximum Gasteiger partial charge on any atom is 0.254 e. The third kappa shape index (κ3) is 6.45. The number of unbranched alkanes of at least 4 members (excludes halogenated alkanes) is 1. The predicted octanol–water partition coefficient (Wildman–Crippen LogP) is 6.99. The first-order valence-electron chi connectivity index (χ1n) is 13.7. The summed E-state index contributed by atoms with van der Waals surface area (Å²) >= 11 is 0. The van der Waals surface area contributed by atoms with Gasteiger partial charge in [0.1, 0.15) is 12.4 Å². The van der Waals surface area contributed by atoms with Crippen LogP contribution in [-0.4, -0.2) is 39.1 Å². The molecule has 39 heavy (non-hydrogen) atoms. The number of benzene rings is 3. The zero-order valence-corrected chi connectivity index (χ0v) is 23.6. The largest absolute Gasteiger partial charge is 0.327 e. The van der Waals surface area contributed by atoms with Gasteiger partial charge in [-0.2, -0.15) is 5.10 Å². The Morgan fingerprint density at radius 1 is 0.923 bits per heavy atom. The number of para-hydroxylation sites is 1. The molecule has 0 radical (unpaired) electrons. The highest BCUT2D eigenvalue weighted by Crippen LogP contribution is 2.34. The zero-order chi connectivity index (χ0) is 27.9. The Kier molecular flexibility index (Phi) is 8.97. The second-order valence-corrected chi connectivity index (χ2v) is 10.2. The van der Waals surface area contributed by atoms with Crippen molar-refractivity contribution in [2.45, 2.75) is 59.9 Å². The topological polar surface area (TPSA) is 67.2 Å². The summed E-state index contributed by atoms with van der Waals surface area (Å²) in [5.74, 6) is 0.159. The van der Waals surface area contributed by atoms with Gasteiger partial charge in [0.05, 0.1) is 11.4 Å². The van der Waals surface area contributed by atoms with Crippen molar-refractivity contribution in [1.82, 2.24) is 14.7 Å². The van der Waals surface area contributed by atoms with Gasteiger partial charge in [-0.05, 0) is 75.4 Å². The molecule has 0 aliphatic carbocycles. The van der Waals surface area contributed by atoms with E-state index in [0.717, 1.165) is 47.3 Å². The predicted molar refractivity (Wildman–Crippen MR) is 158 cm³/mol. The maximum absolute atomic E-state index is 13.6. The fourth-order valence-electron chi connectivity index (χ4n) is 4.74. The number of nitrogens with one attached hydrogen (secondary N) is 1. The van der Waals surface area contributed by atoms with Crippen molar-refractivity contribution in [3.05, 3.63) is 101 Å². The average molecular weight is 523 g/mol. The number of carbonyl (C=O) groups is 2. The molecule has 3 aromatic carbocycles. The van der Waals surface area contributed by atoms with E-state index < -0.39 is 0 Å². The second-order valence-electron chi connectivity index (χ2n) is 10.2. The van der Waals surface area contributed by atoms with Gasteiger partial charge < -0.3 is 10.2 Å². The minimum absolute atomic E-state index is 0.0691. The molecule has 2 amide bonds. The minimum Gasteiger partial charge on any atom is -0.327 e. The number of anilines is 1. The summed E-state index contributed by atoms with van der Waals surface area (Å²) in [6, 6.07) is 25.5. The van der Waals surface area contributed by atoms with Gasteiger partial charge in [-0.3, -0.25) is 9.59 Å². The van der Waals surface area contributed by atoms with Gasteiger partial charge in [0.25, 0.3) is 5.91 Å². The molecule has 0 saturated heterocycles. The molecule has 0 atom stereocenters. The first-order valence-corrected chi connectivity index (χ1v) is 13.7. The minimum atomic E-state index is -0.275. The van der Waals surface area contributed by atoms with Gasteiger partial charge in [-0.1, -0.05) is 74.0 Å². The van der Waals surface area contributed by atoms with E-state index in [1.165, 1.54) is 5.56 Å². The summed E-state index contributed by atoms with van der Waals surface area (Å²) in [6.45, 7) is 9.92. The van der Waals surface area contributed by atoms with Crippen LogP contribution >= 0.6 is 0 Å². The molecule has 6 heteroatoms. The van der Waals surface area contributed by atoms with Crippen LogP contribution in [0.4, 0.5) is 5.82 Å². The summed E-state index contributed by atoms with van der Waals surface area (Å²) < 4.78 is 1.79. The van der Waals surface area contributed by atoms with Crippen LogP contribution in [0.3, 0.4) is 0 Å². The molecule has 0 spiro atoms. The fraction of sp³-hybridized carbons (Fsp3) is 0.303. The lowest BCUT2D eigenvalue weighted by molar-refractivity contribution is -0.117. The lowest BCUT2D eigenvalue weighted by Gasteiger charge is -2.26. The van der Waals surface area contributed by atoms with Crippen molar-refractivity contribution in [3.8, 4) is 16.8 Å². The molecule has 0 bridgehead atoms. The molecule has 0 aliphatic heterocycles. The Hall–Kier alpha value is -4.19. The van der Waals surface area contributed by atoms with Gasteiger partial charge in [0.15, 0.2) is 0 Å². The van der Waals surface area contributed by atoms with E-state index in [1.807, 2.05) is 107 Å². The van der Waals surface area contributed by atoms with Crippen molar-refractivity contribution in [2.75, 3.05) is 11.9 Å². The van der Waals surface area contributed by atoms with Crippen LogP contribution in [0.2, 0.25) is 0 Å². The fourth-order valence-corrected chi connectivity index (χ4v) is 4.74. The van der Waals surface area contributed by atoms with E-state index in [2.05, 4.69) is 12.2 Å². The Bertz CT molecular complexity index is 1420. The van der Waals surface area contributed by atoms with Crippen molar-refractivity contribution >= 4 is 17.6 Å². The molecular weight excluding hydrogens is 484 g/mol. The molecule has 4 rings (SSSR count). The smallest absolute Gasteiger partial charge is 0.254 e. The van der Waals surface area contributed by atoms with E-state index in [1.54, 1.807) is 9.58 Å². The molecule has 0 saturated carbocycles. The standard InChI is InChI=1S/C33H38N4O2/c1-6-7-14-26-18-20-28(21-19-26)33(39)36(23(2)3)22-30(38)34-32-31(27-15-9-8-10-16-27)25(5)35-37(32)29-17-12-11-13-24(29)4/h8-13,15-21,23H,6-7,14,22H2,1-5H3,(H,34,38). The second kappa shape index (κ2) is 12.6. The number of aromatic nitrogens is 2. The van der Waals surface area contributed by atoms with Crippen LogP contribution in [0.15, 0.2) is 78.9 Å². The number of nitrogens with zero attached hydrogens (tertiary/aromatic N) is 3. The van der Waals surface area contributed by atoms with Gasteiger partial charge in [0.2, 0.25) is 5.91 Å². The average Bonchev–Trinajstić information content (AvgIpc) is 3.26. The number of hydrogen-bond acceptors (Lipinski definition) is 3. The van der Waals surface area contributed by atoms with Crippen molar-refractivity contribution in [1.29, 1.82) is 0 Å². The normalized spacial score (nSPS) is 11.0.